The predicted molar refractivity (Wildman–Crippen MR) is 51.5 cm³/mol. The van der Waals surface area contributed by atoms with Crippen LogP contribution in [0.4, 0.5) is 0 Å². The van der Waals surface area contributed by atoms with E-state index in [0.717, 1.165) is 24.4 Å². The van der Waals surface area contributed by atoms with Gasteiger partial charge in [-0.15, -0.1) is 0 Å². The van der Waals surface area contributed by atoms with Gasteiger partial charge in [-0.3, -0.25) is 0 Å². The van der Waals surface area contributed by atoms with Crippen molar-refractivity contribution in [3.05, 3.63) is 48.5 Å². The van der Waals surface area contributed by atoms with Gasteiger partial charge in [0.25, 0.3) is 0 Å². The van der Waals surface area contributed by atoms with Crippen molar-refractivity contribution in [2.24, 2.45) is 0 Å². The van der Waals surface area contributed by atoms with Gasteiger partial charge in [0.05, 0.1) is 5.76 Å². The molecule has 0 amide bonds. The molecule has 12 heavy (non-hydrogen) atoms. The third-order valence-corrected chi connectivity index (χ3v) is 1.81. The minimum Gasteiger partial charge on any atom is -0.462 e. The van der Waals surface area contributed by atoms with Gasteiger partial charge in [-0.25, -0.2) is 0 Å². The first-order valence-corrected chi connectivity index (χ1v) is 4.12. The van der Waals surface area contributed by atoms with Crippen LogP contribution in [0.5, 0.6) is 0 Å². The zero-order chi connectivity index (χ0) is 8.97. The lowest BCUT2D eigenvalue weighted by Gasteiger charge is -2.18. The second-order valence-corrected chi connectivity index (χ2v) is 2.73. The molecule has 1 rings (SSSR count). The van der Waals surface area contributed by atoms with Gasteiger partial charge >= 0.3 is 0 Å². The van der Waals surface area contributed by atoms with E-state index in [2.05, 4.69) is 13.2 Å². The number of rotatable bonds is 2. The molecule has 0 aliphatic carbocycles. The molecular weight excluding hydrogens is 148 g/mol. The largest absolute Gasteiger partial charge is 0.462 e. The van der Waals surface area contributed by atoms with E-state index in [-0.39, 0.29) is 0 Å². The van der Waals surface area contributed by atoms with Crippen LogP contribution in [0.2, 0.25) is 0 Å². The smallest absolute Gasteiger partial charge is 0.129 e. The SMILES string of the molecule is C=CC1=C(/C=C\C)OC(=C)CC1. The van der Waals surface area contributed by atoms with Crippen LogP contribution in [0, 0.1) is 0 Å². The monoisotopic (exact) mass is 162 g/mol. The maximum Gasteiger partial charge on any atom is 0.129 e. The van der Waals surface area contributed by atoms with Gasteiger partial charge in [-0.2, -0.15) is 0 Å². The highest BCUT2D eigenvalue weighted by molar-refractivity contribution is 5.31. The summed E-state index contributed by atoms with van der Waals surface area (Å²) in [5.41, 5.74) is 1.17. The van der Waals surface area contributed by atoms with E-state index in [0.29, 0.717) is 0 Å². The van der Waals surface area contributed by atoms with Crippen LogP contribution in [0.25, 0.3) is 0 Å². The van der Waals surface area contributed by atoms with Crippen LogP contribution < -0.4 is 0 Å². The summed E-state index contributed by atoms with van der Waals surface area (Å²) in [6, 6.07) is 0. The molecule has 0 saturated heterocycles. The Bertz CT molecular complexity index is 256. The third kappa shape index (κ3) is 1.88. The normalized spacial score (nSPS) is 18.2. The molecule has 0 fully saturated rings. The summed E-state index contributed by atoms with van der Waals surface area (Å²) in [6.07, 6.45) is 7.64. The zero-order valence-electron chi connectivity index (χ0n) is 7.47. The fourth-order valence-corrected chi connectivity index (χ4v) is 1.16. The maximum absolute atomic E-state index is 5.46. The van der Waals surface area contributed by atoms with Crippen molar-refractivity contribution >= 4 is 0 Å². The molecule has 0 aromatic heterocycles. The van der Waals surface area contributed by atoms with Crippen molar-refractivity contribution in [1.29, 1.82) is 0 Å². The summed E-state index contributed by atoms with van der Waals surface area (Å²) in [7, 11) is 0. The summed E-state index contributed by atoms with van der Waals surface area (Å²) < 4.78 is 5.46. The van der Waals surface area contributed by atoms with Crippen molar-refractivity contribution in [2.75, 3.05) is 0 Å². The maximum atomic E-state index is 5.46. The van der Waals surface area contributed by atoms with Crippen LogP contribution in [-0.2, 0) is 4.74 Å². The van der Waals surface area contributed by atoms with E-state index in [9.17, 15) is 0 Å². The Kier molecular flexibility index (Phi) is 2.92. The second kappa shape index (κ2) is 3.96. The van der Waals surface area contributed by atoms with Crippen LogP contribution in [0.1, 0.15) is 19.8 Å². The van der Waals surface area contributed by atoms with Crippen molar-refractivity contribution in [1.82, 2.24) is 0 Å². The van der Waals surface area contributed by atoms with Crippen molar-refractivity contribution in [3.8, 4) is 0 Å². The highest BCUT2D eigenvalue weighted by Gasteiger charge is 2.11. The molecule has 1 aliphatic rings. The fourth-order valence-electron chi connectivity index (χ4n) is 1.16. The van der Waals surface area contributed by atoms with Crippen molar-refractivity contribution in [3.63, 3.8) is 0 Å². The Labute approximate surface area is 73.7 Å². The van der Waals surface area contributed by atoms with Gasteiger partial charge in [-0.1, -0.05) is 25.3 Å². The second-order valence-electron chi connectivity index (χ2n) is 2.73. The highest BCUT2D eigenvalue weighted by Crippen LogP contribution is 2.26. The van der Waals surface area contributed by atoms with Gasteiger partial charge in [-0.05, 0) is 25.0 Å². The van der Waals surface area contributed by atoms with Crippen molar-refractivity contribution < 1.29 is 4.74 Å². The quantitative estimate of drug-likeness (QED) is 0.605. The van der Waals surface area contributed by atoms with Gasteiger partial charge in [0.1, 0.15) is 5.76 Å². The molecule has 0 aromatic carbocycles. The lowest BCUT2D eigenvalue weighted by atomic mass is 10.1. The molecule has 0 N–H and O–H groups in total. The molecule has 0 unspecified atom stereocenters. The van der Waals surface area contributed by atoms with E-state index >= 15 is 0 Å². The van der Waals surface area contributed by atoms with Crippen LogP contribution in [0.3, 0.4) is 0 Å². The molecule has 1 heterocycles. The molecule has 0 saturated carbocycles. The number of hydrogen-bond donors (Lipinski definition) is 0. The summed E-state index contributed by atoms with van der Waals surface area (Å²) in [6.45, 7) is 9.50. The minimum absolute atomic E-state index is 0.841. The molecule has 0 atom stereocenters. The number of ether oxygens (including phenoxy) is 1. The molecule has 0 radical (unpaired) electrons. The van der Waals surface area contributed by atoms with E-state index in [1.165, 1.54) is 5.57 Å². The van der Waals surface area contributed by atoms with Crippen molar-refractivity contribution in [2.45, 2.75) is 19.8 Å². The van der Waals surface area contributed by atoms with Gasteiger partial charge < -0.3 is 4.74 Å². The van der Waals surface area contributed by atoms with E-state index in [1.54, 1.807) is 0 Å². The summed E-state index contributed by atoms with van der Waals surface area (Å²) >= 11 is 0. The minimum atomic E-state index is 0.841. The first kappa shape index (κ1) is 8.85. The van der Waals surface area contributed by atoms with Gasteiger partial charge in [0, 0.05) is 6.42 Å². The number of hydrogen-bond acceptors (Lipinski definition) is 1. The van der Waals surface area contributed by atoms with E-state index in [1.807, 2.05) is 25.2 Å². The highest BCUT2D eigenvalue weighted by atomic mass is 16.5. The standard InChI is InChI=1S/C11H14O/c1-4-6-11-10(5-2)8-7-9(3)12-11/h4-6H,2-3,7-8H2,1H3/b6-4-. The van der Waals surface area contributed by atoms with E-state index < -0.39 is 0 Å². The molecular formula is C11H14O. The molecule has 1 aliphatic heterocycles. The fraction of sp³-hybridized carbons (Fsp3) is 0.273. The van der Waals surface area contributed by atoms with Crippen LogP contribution in [-0.4, -0.2) is 0 Å². The molecule has 0 bridgehead atoms. The predicted octanol–water partition coefficient (Wildman–Crippen LogP) is 3.33. The molecule has 1 nitrogen and oxygen atoms in total. The lowest BCUT2D eigenvalue weighted by Crippen LogP contribution is -2.01. The van der Waals surface area contributed by atoms with Crippen LogP contribution >= 0.6 is 0 Å². The molecule has 1 heteroatoms. The summed E-state index contributed by atoms with van der Waals surface area (Å²) in [5, 5.41) is 0. The Morgan fingerprint density at radius 3 is 2.75 bits per heavy atom. The Balaban J connectivity index is 2.91. The Hall–Kier alpha value is -1.24. The average molecular weight is 162 g/mol. The van der Waals surface area contributed by atoms with Crippen LogP contribution in [0.15, 0.2) is 48.5 Å². The van der Waals surface area contributed by atoms with Gasteiger partial charge in [0.2, 0.25) is 0 Å². The van der Waals surface area contributed by atoms with E-state index in [4.69, 9.17) is 4.74 Å². The Morgan fingerprint density at radius 1 is 1.42 bits per heavy atom. The summed E-state index contributed by atoms with van der Waals surface area (Å²) in [5.74, 6) is 1.73. The van der Waals surface area contributed by atoms with Gasteiger partial charge in [0.15, 0.2) is 0 Å². The first-order chi connectivity index (χ1) is 5.77. The average Bonchev–Trinajstić information content (AvgIpc) is 2.05. The zero-order valence-corrected chi connectivity index (χ0v) is 7.47. The Morgan fingerprint density at radius 2 is 2.17 bits per heavy atom. The molecule has 64 valence electrons. The summed E-state index contributed by atoms with van der Waals surface area (Å²) in [4.78, 5) is 0. The first-order valence-electron chi connectivity index (χ1n) is 4.12. The molecule has 0 spiro atoms. The topological polar surface area (TPSA) is 9.23 Å². The lowest BCUT2D eigenvalue weighted by molar-refractivity contribution is 0.286. The molecule has 0 aromatic rings. The third-order valence-electron chi connectivity index (χ3n) is 1.81. The number of allylic oxidation sites excluding steroid dienone is 5.